The Bertz CT molecular complexity index is 564. The van der Waals surface area contributed by atoms with Crippen molar-refractivity contribution >= 4 is 22.9 Å². The second-order valence-electron chi connectivity index (χ2n) is 3.68. The minimum atomic E-state index is -0.353. The maximum atomic E-state index is 13.0. The van der Waals surface area contributed by atoms with E-state index in [4.69, 9.17) is 5.73 Å². The third kappa shape index (κ3) is 2.20. The predicted molar refractivity (Wildman–Crippen MR) is 62.8 cm³/mol. The van der Waals surface area contributed by atoms with E-state index in [1.807, 2.05) is 0 Å². The predicted octanol–water partition coefficient (Wildman–Crippen LogP) is 0.894. The van der Waals surface area contributed by atoms with Gasteiger partial charge >= 0.3 is 0 Å². The van der Waals surface area contributed by atoms with E-state index in [2.05, 4.69) is 10.3 Å². The van der Waals surface area contributed by atoms with E-state index in [0.717, 1.165) is 5.52 Å². The Hall–Kier alpha value is -2.11. The highest BCUT2D eigenvalue weighted by Crippen LogP contribution is 2.19. The fraction of sp³-hybridized carbons (Fsp3) is 0.273. The van der Waals surface area contributed by atoms with Gasteiger partial charge in [-0.25, -0.2) is 9.37 Å². The number of hydrogen-bond donors (Lipinski definition) is 2. The third-order valence-corrected chi connectivity index (χ3v) is 2.58. The summed E-state index contributed by atoms with van der Waals surface area (Å²) in [5, 5.41) is 2.53. The molecule has 0 fully saturated rings. The molecule has 0 aliphatic carbocycles. The largest absolute Gasteiger partial charge is 0.369 e. The molecule has 17 heavy (non-hydrogen) atoms. The van der Waals surface area contributed by atoms with Crippen LogP contribution in [0.25, 0.3) is 11.0 Å². The summed E-state index contributed by atoms with van der Waals surface area (Å²) in [6.07, 6.45) is 0.309. The van der Waals surface area contributed by atoms with E-state index in [1.54, 1.807) is 17.7 Å². The van der Waals surface area contributed by atoms with Gasteiger partial charge < -0.3 is 15.6 Å². The van der Waals surface area contributed by atoms with Crippen LogP contribution < -0.4 is 11.1 Å². The number of amides is 1. The number of rotatable bonds is 3. The summed E-state index contributed by atoms with van der Waals surface area (Å²) in [7, 11) is 1.58. The molecule has 0 bridgehead atoms. The summed E-state index contributed by atoms with van der Waals surface area (Å²) in [5.74, 6) is -0.142. The standard InChI is InChI=1S/C11H13FN4O/c1-14-10(17)4-5-16-9-3-2-7(12)6-8(9)15-11(16)13/h2-3,6H,4-5H2,1H3,(H2,13,15)(H,14,17). The first-order valence-electron chi connectivity index (χ1n) is 5.23. The van der Waals surface area contributed by atoms with E-state index < -0.39 is 0 Å². The van der Waals surface area contributed by atoms with Crippen LogP contribution in [0.4, 0.5) is 10.3 Å². The zero-order chi connectivity index (χ0) is 12.4. The van der Waals surface area contributed by atoms with Gasteiger partial charge in [-0.05, 0) is 12.1 Å². The van der Waals surface area contributed by atoms with Crippen molar-refractivity contribution in [3.63, 3.8) is 0 Å². The van der Waals surface area contributed by atoms with E-state index in [0.29, 0.717) is 18.5 Å². The van der Waals surface area contributed by atoms with Crippen LogP contribution >= 0.6 is 0 Å². The van der Waals surface area contributed by atoms with Crippen LogP contribution in [0.15, 0.2) is 18.2 Å². The topological polar surface area (TPSA) is 72.9 Å². The number of carbonyl (C=O) groups is 1. The van der Waals surface area contributed by atoms with Gasteiger partial charge in [-0.2, -0.15) is 0 Å². The Morgan fingerprint density at radius 1 is 1.59 bits per heavy atom. The van der Waals surface area contributed by atoms with Gasteiger partial charge in [0.2, 0.25) is 11.9 Å². The molecule has 1 aromatic heterocycles. The highest BCUT2D eigenvalue weighted by Gasteiger charge is 2.09. The number of nitrogen functional groups attached to an aromatic ring is 1. The smallest absolute Gasteiger partial charge is 0.221 e. The molecular weight excluding hydrogens is 223 g/mol. The highest BCUT2D eigenvalue weighted by atomic mass is 19.1. The van der Waals surface area contributed by atoms with Crippen LogP contribution in [-0.4, -0.2) is 22.5 Å². The molecule has 1 heterocycles. The number of aromatic nitrogens is 2. The van der Waals surface area contributed by atoms with Crippen LogP contribution in [0.3, 0.4) is 0 Å². The molecule has 0 atom stereocenters. The summed E-state index contributed by atoms with van der Waals surface area (Å²) in [6.45, 7) is 0.424. The highest BCUT2D eigenvalue weighted by molar-refractivity contribution is 5.79. The van der Waals surface area contributed by atoms with Crippen molar-refractivity contribution in [1.29, 1.82) is 0 Å². The summed E-state index contributed by atoms with van der Waals surface area (Å²) in [6, 6.07) is 4.28. The maximum absolute atomic E-state index is 13.0. The van der Waals surface area contributed by atoms with Gasteiger partial charge in [0.25, 0.3) is 0 Å². The van der Waals surface area contributed by atoms with Gasteiger partial charge in [-0.1, -0.05) is 0 Å². The lowest BCUT2D eigenvalue weighted by atomic mass is 10.3. The van der Waals surface area contributed by atoms with Gasteiger partial charge in [-0.15, -0.1) is 0 Å². The summed E-state index contributed by atoms with van der Waals surface area (Å²) < 4.78 is 14.7. The maximum Gasteiger partial charge on any atom is 0.221 e. The lowest BCUT2D eigenvalue weighted by molar-refractivity contribution is -0.120. The lowest BCUT2D eigenvalue weighted by Gasteiger charge is -2.05. The van der Waals surface area contributed by atoms with E-state index >= 15 is 0 Å². The SMILES string of the molecule is CNC(=O)CCn1c(N)nc2cc(F)ccc21. The van der Waals surface area contributed by atoms with Crippen LogP contribution in [0, 0.1) is 5.82 Å². The fourth-order valence-electron chi connectivity index (χ4n) is 1.69. The molecule has 90 valence electrons. The number of fused-ring (bicyclic) bond motifs is 1. The molecule has 1 aromatic carbocycles. The van der Waals surface area contributed by atoms with Crippen molar-refractivity contribution in [3.05, 3.63) is 24.0 Å². The van der Waals surface area contributed by atoms with E-state index in [1.165, 1.54) is 12.1 Å². The van der Waals surface area contributed by atoms with Crippen LogP contribution in [0.1, 0.15) is 6.42 Å². The first kappa shape index (κ1) is 11.4. The average Bonchev–Trinajstić information content (AvgIpc) is 2.61. The molecule has 0 aliphatic rings. The first-order chi connectivity index (χ1) is 8.11. The number of benzene rings is 1. The second-order valence-corrected chi connectivity index (χ2v) is 3.68. The van der Waals surface area contributed by atoms with Crippen LogP contribution in [0.5, 0.6) is 0 Å². The molecule has 0 unspecified atom stereocenters. The molecule has 3 N–H and O–H groups in total. The molecule has 0 spiro atoms. The van der Waals surface area contributed by atoms with Gasteiger partial charge in [-0.3, -0.25) is 4.79 Å². The number of carbonyl (C=O) groups excluding carboxylic acids is 1. The van der Waals surface area contributed by atoms with Crippen molar-refractivity contribution in [3.8, 4) is 0 Å². The van der Waals surface area contributed by atoms with Crippen molar-refractivity contribution < 1.29 is 9.18 Å². The number of nitrogens with two attached hydrogens (primary N) is 1. The normalized spacial score (nSPS) is 10.7. The summed E-state index contributed by atoms with van der Waals surface area (Å²) >= 11 is 0. The minimum absolute atomic E-state index is 0.0756. The van der Waals surface area contributed by atoms with Crippen molar-refractivity contribution in [1.82, 2.24) is 14.9 Å². The zero-order valence-electron chi connectivity index (χ0n) is 9.40. The zero-order valence-corrected chi connectivity index (χ0v) is 9.40. The first-order valence-corrected chi connectivity index (χ1v) is 5.23. The fourth-order valence-corrected chi connectivity index (χ4v) is 1.69. The van der Waals surface area contributed by atoms with Gasteiger partial charge in [0.05, 0.1) is 11.0 Å². The third-order valence-electron chi connectivity index (χ3n) is 2.58. The Labute approximate surface area is 97.4 Å². The quantitative estimate of drug-likeness (QED) is 0.831. The number of imidazole rings is 1. The van der Waals surface area contributed by atoms with Crippen LogP contribution in [-0.2, 0) is 11.3 Å². The molecule has 2 aromatic rings. The Balaban J connectivity index is 2.33. The van der Waals surface area contributed by atoms with Crippen molar-refractivity contribution in [2.45, 2.75) is 13.0 Å². The molecule has 1 amide bonds. The van der Waals surface area contributed by atoms with Gasteiger partial charge in [0.15, 0.2) is 0 Å². The molecular formula is C11H13FN4O. The van der Waals surface area contributed by atoms with E-state index in [-0.39, 0.29) is 17.7 Å². The Morgan fingerprint density at radius 3 is 3.06 bits per heavy atom. The number of halogens is 1. The van der Waals surface area contributed by atoms with Crippen LogP contribution in [0.2, 0.25) is 0 Å². The Morgan fingerprint density at radius 2 is 2.35 bits per heavy atom. The number of anilines is 1. The number of nitrogens with one attached hydrogen (secondary N) is 1. The summed E-state index contributed by atoms with van der Waals surface area (Å²) in [5.41, 5.74) is 6.96. The van der Waals surface area contributed by atoms with Gasteiger partial charge in [0, 0.05) is 26.1 Å². The number of aryl methyl sites for hydroxylation is 1. The lowest BCUT2D eigenvalue weighted by Crippen LogP contribution is -2.19. The molecule has 0 saturated heterocycles. The summed E-state index contributed by atoms with van der Waals surface area (Å²) in [4.78, 5) is 15.2. The molecule has 6 heteroatoms. The number of hydrogen-bond acceptors (Lipinski definition) is 3. The number of nitrogens with zero attached hydrogens (tertiary/aromatic N) is 2. The molecule has 5 nitrogen and oxygen atoms in total. The Kier molecular flexibility index (Phi) is 2.95. The molecule has 0 radical (unpaired) electrons. The van der Waals surface area contributed by atoms with E-state index in [9.17, 15) is 9.18 Å². The van der Waals surface area contributed by atoms with Gasteiger partial charge in [0.1, 0.15) is 5.82 Å². The second kappa shape index (κ2) is 4.40. The monoisotopic (exact) mass is 236 g/mol. The van der Waals surface area contributed by atoms with Crippen molar-refractivity contribution in [2.75, 3.05) is 12.8 Å². The molecule has 2 rings (SSSR count). The average molecular weight is 236 g/mol. The molecule has 0 aliphatic heterocycles. The molecule has 0 saturated carbocycles. The van der Waals surface area contributed by atoms with Crippen molar-refractivity contribution in [2.24, 2.45) is 0 Å². The minimum Gasteiger partial charge on any atom is -0.369 e.